The Kier molecular flexibility index (Phi) is 4.16. The molecule has 0 unspecified atom stereocenters. The number of nitriles is 2. The van der Waals surface area contributed by atoms with Crippen molar-refractivity contribution in [2.24, 2.45) is 0 Å². The third kappa shape index (κ3) is 4.69. The molecule has 0 aromatic heterocycles. The highest BCUT2D eigenvalue weighted by atomic mass is 16.5. The summed E-state index contributed by atoms with van der Waals surface area (Å²) in [4.78, 5) is 0. The Morgan fingerprint density at radius 3 is 1.87 bits per heavy atom. The molecular weight excluding hydrogens is 372 g/mol. The van der Waals surface area contributed by atoms with Gasteiger partial charge in [0.05, 0.1) is 47.2 Å². The van der Waals surface area contributed by atoms with Gasteiger partial charge >= 0.3 is 0 Å². The second-order valence-corrected chi connectivity index (χ2v) is 6.26. The lowest BCUT2D eigenvalue weighted by atomic mass is 10.0. The van der Waals surface area contributed by atoms with Crippen LogP contribution in [-0.4, -0.2) is 14.1 Å². The van der Waals surface area contributed by atoms with Crippen LogP contribution in [0, 0.1) is 22.7 Å². The average molecular weight is 403 g/mol. The molecule has 0 bridgehead atoms. The summed E-state index contributed by atoms with van der Waals surface area (Å²) in [5.41, 5.74) is 1.06. The van der Waals surface area contributed by atoms with E-state index in [9.17, 15) is 0 Å². The van der Waals surface area contributed by atoms with Crippen LogP contribution in [0.5, 0.6) is 11.5 Å². The van der Waals surface area contributed by atoms with E-state index in [0.29, 0.717) is 10.8 Å². The Labute approximate surface area is 187 Å². The maximum absolute atomic E-state index is 8.92. The van der Waals surface area contributed by atoms with Crippen molar-refractivity contribution in [3.8, 4) is 23.6 Å². The topological polar surface area (TPSA) is 66.0 Å². The Morgan fingerprint density at radius 2 is 1.33 bits per heavy atom. The van der Waals surface area contributed by atoms with E-state index in [1.54, 1.807) is 42.5 Å². The lowest BCUT2D eigenvalue weighted by Crippen LogP contribution is -1.87. The van der Waals surface area contributed by atoms with E-state index in [2.05, 4.69) is 6.07 Å². The molecule has 0 aliphatic carbocycles. The molecule has 0 amide bonds. The van der Waals surface area contributed by atoms with E-state index in [1.807, 2.05) is 18.2 Å². The normalized spacial score (nSPS) is 15.1. The summed E-state index contributed by atoms with van der Waals surface area (Å²) >= 11 is 0. The standard InChI is InChI=1S/2C13H11NO/c2*1-15-12-6-5-10-3-2-4-11(7-8-14)13(10)9-12/h2*2-6,9H,7H2,1H3/i1D3,7D2;1D3. The Hall–Kier alpha value is -4.02. The number of ether oxygens (including phenoxy) is 2. The average Bonchev–Trinajstić information content (AvgIpc) is 2.82. The van der Waals surface area contributed by atoms with Gasteiger partial charge in [0, 0.05) is 2.74 Å². The zero-order valence-electron chi connectivity index (χ0n) is 23.8. The van der Waals surface area contributed by atoms with Crippen LogP contribution < -0.4 is 9.47 Å². The van der Waals surface area contributed by atoms with Gasteiger partial charge in [-0.2, -0.15) is 10.5 Å². The molecular formula is C26H22N2O2. The van der Waals surface area contributed by atoms with Crippen LogP contribution in [0.1, 0.15) is 22.1 Å². The first-order chi connectivity index (χ1) is 17.7. The molecule has 4 heteroatoms. The number of methoxy groups -OCH3 is 2. The number of rotatable bonds is 4. The number of hydrogen-bond acceptors (Lipinski definition) is 4. The molecule has 0 fully saturated rings. The van der Waals surface area contributed by atoms with E-state index in [0.717, 1.165) is 16.3 Å². The minimum Gasteiger partial charge on any atom is -0.497 e. The number of fused-ring (bicyclic) bond motifs is 2. The molecule has 0 radical (unpaired) electrons. The molecule has 4 rings (SSSR count). The third-order valence-electron chi connectivity index (χ3n) is 4.49. The van der Waals surface area contributed by atoms with Crippen molar-refractivity contribution in [1.82, 2.24) is 0 Å². The largest absolute Gasteiger partial charge is 0.497 e. The fourth-order valence-corrected chi connectivity index (χ4v) is 3.10. The smallest absolute Gasteiger partial charge is 0.119 e. The van der Waals surface area contributed by atoms with Gasteiger partial charge in [0.15, 0.2) is 0 Å². The van der Waals surface area contributed by atoms with E-state index in [1.165, 1.54) is 18.2 Å². The molecule has 4 nitrogen and oxygen atoms in total. The summed E-state index contributed by atoms with van der Waals surface area (Å²) in [6, 6.07) is 23.9. The summed E-state index contributed by atoms with van der Waals surface area (Å²) in [6.07, 6.45) is -1.87. The van der Waals surface area contributed by atoms with E-state index >= 15 is 0 Å². The van der Waals surface area contributed by atoms with Crippen molar-refractivity contribution in [3.05, 3.63) is 83.9 Å². The molecule has 0 aliphatic heterocycles. The van der Waals surface area contributed by atoms with Crippen LogP contribution in [0.15, 0.2) is 72.8 Å². The highest BCUT2D eigenvalue weighted by molar-refractivity contribution is 5.88. The Balaban J connectivity index is 0.000000212. The van der Waals surface area contributed by atoms with E-state index < -0.39 is 20.4 Å². The van der Waals surface area contributed by atoms with Crippen LogP contribution in [0.3, 0.4) is 0 Å². The molecule has 30 heavy (non-hydrogen) atoms. The lowest BCUT2D eigenvalue weighted by molar-refractivity contribution is 0.415. The summed E-state index contributed by atoms with van der Waals surface area (Å²) in [7, 11) is -5.03. The van der Waals surface area contributed by atoms with Crippen molar-refractivity contribution < 1.29 is 20.4 Å². The zero-order valence-corrected chi connectivity index (χ0v) is 15.8. The van der Waals surface area contributed by atoms with Gasteiger partial charge in [0.2, 0.25) is 0 Å². The fraction of sp³-hybridized carbons (Fsp3) is 0.154. The molecule has 148 valence electrons. The molecule has 4 aromatic rings. The summed E-state index contributed by atoms with van der Waals surface area (Å²) in [6.45, 7) is 0. The molecule has 0 N–H and O–H groups in total. The van der Waals surface area contributed by atoms with Gasteiger partial charge in [-0.1, -0.05) is 48.5 Å². The lowest BCUT2D eigenvalue weighted by Gasteiger charge is -2.05. The Morgan fingerprint density at radius 1 is 0.767 bits per heavy atom. The van der Waals surface area contributed by atoms with Crippen molar-refractivity contribution in [3.63, 3.8) is 0 Å². The Bertz CT molecular complexity index is 1530. The van der Waals surface area contributed by atoms with Crippen LogP contribution >= 0.6 is 0 Å². The van der Waals surface area contributed by atoms with Crippen LogP contribution in [0.2, 0.25) is 0 Å². The van der Waals surface area contributed by atoms with Crippen molar-refractivity contribution in [2.45, 2.75) is 12.8 Å². The molecule has 0 heterocycles. The van der Waals surface area contributed by atoms with Crippen LogP contribution in [0.25, 0.3) is 21.5 Å². The van der Waals surface area contributed by atoms with Crippen LogP contribution in [-0.2, 0) is 12.8 Å². The number of nitrogens with zero attached hydrogens (tertiary/aromatic N) is 2. The first-order valence-electron chi connectivity index (χ1n) is 12.9. The maximum atomic E-state index is 8.92. The van der Waals surface area contributed by atoms with Gasteiger partial charge in [-0.25, -0.2) is 0 Å². The molecule has 0 atom stereocenters. The van der Waals surface area contributed by atoms with Gasteiger partial charge in [-0.15, -0.1) is 0 Å². The highest BCUT2D eigenvalue weighted by Gasteiger charge is 2.02. The predicted molar refractivity (Wildman–Crippen MR) is 120 cm³/mol. The molecule has 0 aliphatic rings. The number of benzene rings is 4. The van der Waals surface area contributed by atoms with E-state index in [-0.39, 0.29) is 23.5 Å². The monoisotopic (exact) mass is 402 g/mol. The van der Waals surface area contributed by atoms with Crippen molar-refractivity contribution in [2.75, 3.05) is 14.1 Å². The van der Waals surface area contributed by atoms with Gasteiger partial charge in [0.1, 0.15) is 11.5 Å². The predicted octanol–water partition coefficient (Wildman–Crippen LogP) is 5.83. The summed E-state index contributed by atoms with van der Waals surface area (Å²) in [5, 5.41) is 20.7. The van der Waals surface area contributed by atoms with Crippen molar-refractivity contribution in [1.29, 1.82) is 10.5 Å². The minimum absolute atomic E-state index is 0.110. The SMILES string of the molecule is [2H]C([2H])([2H])Oc1ccc2cccc(C([2H])([2H])C#N)c2c1.[2H]C([2H])([2H])Oc1ccc2cccc(CC#N)c2c1. The molecule has 4 aromatic carbocycles. The van der Waals surface area contributed by atoms with Crippen LogP contribution in [0.4, 0.5) is 0 Å². The summed E-state index contributed by atoms with van der Waals surface area (Å²) in [5.74, 6) is 0.395. The zero-order chi connectivity index (χ0) is 28.1. The maximum Gasteiger partial charge on any atom is 0.119 e. The molecule has 0 saturated carbocycles. The quantitative estimate of drug-likeness (QED) is 0.431. The highest BCUT2D eigenvalue weighted by Crippen LogP contribution is 2.25. The minimum atomic E-state index is -2.57. The fourth-order valence-electron chi connectivity index (χ4n) is 3.10. The summed E-state index contributed by atoms with van der Waals surface area (Å²) < 4.78 is 67.5. The third-order valence-corrected chi connectivity index (χ3v) is 4.49. The van der Waals surface area contributed by atoms with Gasteiger partial charge < -0.3 is 9.47 Å². The van der Waals surface area contributed by atoms with E-state index in [4.69, 9.17) is 31.0 Å². The second-order valence-electron chi connectivity index (χ2n) is 6.26. The molecule has 0 spiro atoms. The van der Waals surface area contributed by atoms with Gasteiger partial charge in [-0.3, -0.25) is 0 Å². The number of hydrogen-bond donors (Lipinski definition) is 0. The first kappa shape index (κ1) is 12.5. The van der Waals surface area contributed by atoms with Gasteiger partial charge in [-0.05, 0) is 56.9 Å². The first-order valence-corrected chi connectivity index (χ1v) is 8.93. The van der Waals surface area contributed by atoms with Crippen molar-refractivity contribution >= 4 is 21.5 Å². The second kappa shape index (κ2) is 9.96. The molecule has 0 saturated heterocycles. The van der Waals surface area contributed by atoms with Gasteiger partial charge in [0.25, 0.3) is 0 Å².